The van der Waals surface area contributed by atoms with E-state index in [4.69, 9.17) is 14.9 Å². The lowest BCUT2D eigenvalue weighted by molar-refractivity contribution is 0.168. The van der Waals surface area contributed by atoms with E-state index in [1.165, 1.54) is 6.20 Å². The zero-order valence-electron chi connectivity index (χ0n) is 14.9. The fourth-order valence-corrected chi connectivity index (χ4v) is 2.59. The molecule has 1 heterocycles. The number of nitrogens with two attached hydrogens (primary N) is 1. The normalized spacial score (nSPS) is 12.1. The highest BCUT2D eigenvalue weighted by atomic mass is 28.4. The molecule has 0 fully saturated rings. The summed E-state index contributed by atoms with van der Waals surface area (Å²) < 4.78 is 10.9. The second-order valence-corrected chi connectivity index (χ2v) is 11.6. The lowest BCUT2D eigenvalue weighted by Crippen LogP contribution is -2.41. The van der Waals surface area contributed by atoms with Crippen molar-refractivity contribution in [2.24, 2.45) is 0 Å². The first-order valence-corrected chi connectivity index (χ1v) is 10.7. The van der Waals surface area contributed by atoms with Crippen LogP contribution in [0, 0.1) is 0 Å². The molecule has 0 spiro atoms. The molecule has 7 nitrogen and oxygen atoms in total. The van der Waals surface area contributed by atoms with Crippen LogP contribution in [0.1, 0.15) is 33.5 Å². The molecule has 1 aromatic heterocycles. The molecule has 0 saturated heterocycles. The average Bonchev–Trinajstić information content (AvgIpc) is 2.40. The molecular weight excluding hydrogens is 312 g/mol. The Morgan fingerprint density at radius 3 is 2.57 bits per heavy atom. The molecule has 8 heteroatoms. The van der Waals surface area contributed by atoms with Crippen molar-refractivity contribution in [3.8, 4) is 0 Å². The minimum atomic E-state index is -1.77. The quantitative estimate of drug-likeness (QED) is 0.772. The summed E-state index contributed by atoms with van der Waals surface area (Å²) in [5, 5.41) is 2.67. The average molecular weight is 341 g/mol. The van der Waals surface area contributed by atoms with Gasteiger partial charge >= 0.3 is 6.09 Å². The first-order chi connectivity index (χ1) is 10.6. The van der Waals surface area contributed by atoms with Gasteiger partial charge in [0.05, 0.1) is 12.8 Å². The lowest BCUT2D eigenvalue weighted by atomic mass is 10.2. The Labute approximate surface area is 139 Å². The van der Waals surface area contributed by atoms with Crippen molar-refractivity contribution in [3.63, 3.8) is 0 Å². The third-order valence-electron chi connectivity index (χ3n) is 3.98. The fraction of sp³-hybridized carbons (Fsp3) is 0.667. The fourth-order valence-electron chi connectivity index (χ4n) is 1.54. The standard InChI is InChI=1S/C15H28N4O3Si/c1-7-21-14(20)18-11-10-17-12(19-13(11)16)8-9-22-23(5,6)15(2,3)4/h10H,7-9H2,1-6H3,(H,18,20)(H2,16,17,19). The minimum Gasteiger partial charge on any atom is -0.450 e. The van der Waals surface area contributed by atoms with Crippen LogP contribution in [0.15, 0.2) is 6.20 Å². The number of carbonyl (C=O) groups is 1. The van der Waals surface area contributed by atoms with E-state index in [0.29, 0.717) is 24.5 Å². The van der Waals surface area contributed by atoms with Gasteiger partial charge in [-0.1, -0.05) is 20.8 Å². The Kier molecular flexibility index (Phi) is 6.52. The van der Waals surface area contributed by atoms with Crippen molar-refractivity contribution in [2.45, 2.75) is 52.2 Å². The maximum absolute atomic E-state index is 11.4. The lowest BCUT2D eigenvalue weighted by Gasteiger charge is -2.36. The molecule has 1 amide bonds. The molecular formula is C15H28N4O3Si. The number of nitrogen functional groups attached to an aromatic ring is 1. The predicted molar refractivity (Wildman–Crippen MR) is 93.9 cm³/mol. The molecule has 0 aromatic carbocycles. The topological polar surface area (TPSA) is 99.4 Å². The summed E-state index contributed by atoms with van der Waals surface area (Å²) in [5.74, 6) is 0.811. The Morgan fingerprint density at radius 1 is 1.39 bits per heavy atom. The van der Waals surface area contributed by atoms with E-state index < -0.39 is 14.4 Å². The largest absolute Gasteiger partial charge is 0.450 e. The van der Waals surface area contributed by atoms with Crippen LogP contribution in [0.25, 0.3) is 0 Å². The predicted octanol–water partition coefficient (Wildman–Crippen LogP) is 3.19. The minimum absolute atomic E-state index is 0.167. The van der Waals surface area contributed by atoms with E-state index in [1.54, 1.807) is 6.92 Å². The highest BCUT2D eigenvalue weighted by Crippen LogP contribution is 2.36. The Bertz CT molecular complexity index is 544. The molecule has 3 N–H and O–H groups in total. The van der Waals surface area contributed by atoms with Crippen molar-refractivity contribution in [3.05, 3.63) is 12.0 Å². The Hall–Kier alpha value is -1.67. The number of hydrogen-bond acceptors (Lipinski definition) is 6. The second-order valence-electron chi connectivity index (χ2n) is 6.79. The Morgan fingerprint density at radius 2 is 2.04 bits per heavy atom. The van der Waals surface area contributed by atoms with E-state index in [2.05, 4.69) is 49.1 Å². The number of carbonyl (C=O) groups excluding carboxylic acids is 1. The molecule has 0 aliphatic carbocycles. The monoisotopic (exact) mass is 340 g/mol. The SMILES string of the molecule is CCOC(=O)Nc1cnc(CCO[Si](C)(C)C(C)(C)C)nc1N. The van der Waals surface area contributed by atoms with Gasteiger partial charge in [0.15, 0.2) is 14.1 Å². The number of nitrogens with one attached hydrogen (secondary N) is 1. The zero-order valence-corrected chi connectivity index (χ0v) is 15.9. The van der Waals surface area contributed by atoms with Crippen molar-refractivity contribution >= 4 is 25.9 Å². The van der Waals surface area contributed by atoms with E-state index >= 15 is 0 Å². The molecule has 130 valence electrons. The van der Waals surface area contributed by atoms with Gasteiger partial charge in [-0.05, 0) is 25.1 Å². The van der Waals surface area contributed by atoms with E-state index in [-0.39, 0.29) is 17.5 Å². The maximum Gasteiger partial charge on any atom is 0.411 e. The molecule has 0 saturated carbocycles. The molecule has 0 unspecified atom stereocenters. The Balaban J connectivity index is 2.60. The summed E-state index contributed by atoms with van der Waals surface area (Å²) in [4.78, 5) is 19.8. The second kappa shape index (κ2) is 7.74. The van der Waals surface area contributed by atoms with Gasteiger partial charge in [-0.25, -0.2) is 14.8 Å². The molecule has 1 rings (SSSR count). The first-order valence-electron chi connectivity index (χ1n) is 7.76. The van der Waals surface area contributed by atoms with Crippen molar-refractivity contribution in [1.29, 1.82) is 0 Å². The summed E-state index contributed by atoms with van der Waals surface area (Å²) >= 11 is 0. The van der Waals surface area contributed by atoms with Gasteiger partial charge in [-0.3, -0.25) is 5.32 Å². The van der Waals surface area contributed by atoms with Crippen LogP contribution < -0.4 is 11.1 Å². The number of anilines is 2. The summed E-state index contributed by atoms with van der Waals surface area (Å²) in [6.45, 7) is 13.6. The number of rotatable bonds is 6. The molecule has 0 aliphatic heterocycles. The number of aromatic nitrogens is 2. The smallest absolute Gasteiger partial charge is 0.411 e. The molecule has 0 aliphatic rings. The molecule has 0 radical (unpaired) electrons. The number of hydrogen-bond donors (Lipinski definition) is 2. The van der Waals surface area contributed by atoms with Gasteiger partial charge in [-0.15, -0.1) is 0 Å². The van der Waals surface area contributed by atoms with Crippen molar-refractivity contribution in [2.75, 3.05) is 24.3 Å². The van der Waals surface area contributed by atoms with Gasteiger partial charge < -0.3 is 14.9 Å². The first kappa shape index (κ1) is 19.4. The van der Waals surface area contributed by atoms with Crippen LogP contribution in [0.2, 0.25) is 18.1 Å². The number of ether oxygens (including phenoxy) is 1. The molecule has 0 bridgehead atoms. The van der Waals surface area contributed by atoms with E-state index in [9.17, 15) is 4.79 Å². The summed E-state index contributed by atoms with van der Waals surface area (Å²) in [6.07, 6.45) is 1.49. The molecule has 1 aromatic rings. The third kappa shape index (κ3) is 5.79. The van der Waals surface area contributed by atoms with Crippen LogP contribution in [0.4, 0.5) is 16.3 Å². The summed E-state index contributed by atoms with van der Waals surface area (Å²) in [6, 6.07) is 0. The van der Waals surface area contributed by atoms with E-state index in [0.717, 1.165) is 0 Å². The highest BCUT2D eigenvalue weighted by molar-refractivity contribution is 6.74. The molecule has 23 heavy (non-hydrogen) atoms. The van der Waals surface area contributed by atoms with Gasteiger partial charge in [0.2, 0.25) is 0 Å². The highest BCUT2D eigenvalue weighted by Gasteiger charge is 2.36. The van der Waals surface area contributed by atoms with Crippen LogP contribution in [0.3, 0.4) is 0 Å². The number of amides is 1. The van der Waals surface area contributed by atoms with Gasteiger partial charge in [0.1, 0.15) is 11.5 Å². The number of nitrogens with zero attached hydrogens (tertiary/aromatic N) is 2. The zero-order chi connectivity index (χ0) is 17.7. The third-order valence-corrected chi connectivity index (χ3v) is 8.51. The van der Waals surface area contributed by atoms with Crippen LogP contribution >= 0.6 is 0 Å². The summed E-state index contributed by atoms with van der Waals surface area (Å²) in [7, 11) is -1.77. The maximum atomic E-state index is 11.4. The van der Waals surface area contributed by atoms with Crippen molar-refractivity contribution in [1.82, 2.24) is 9.97 Å². The van der Waals surface area contributed by atoms with E-state index in [1.807, 2.05) is 0 Å². The van der Waals surface area contributed by atoms with Crippen LogP contribution in [-0.4, -0.2) is 37.6 Å². The van der Waals surface area contributed by atoms with Crippen LogP contribution in [-0.2, 0) is 15.6 Å². The molecule has 0 atom stereocenters. The van der Waals surface area contributed by atoms with Gasteiger partial charge in [0.25, 0.3) is 0 Å². The van der Waals surface area contributed by atoms with Crippen molar-refractivity contribution < 1.29 is 14.0 Å². The van der Waals surface area contributed by atoms with Gasteiger partial charge in [0, 0.05) is 13.0 Å². The van der Waals surface area contributed by atoms with Crippen LogP contribution in [0.5, 0.6) is 0 Å². The van der Waals surface area contributed by atoms with Gasteiger partial charge in [-0.2, -0.15) is 0 Å². The summed E-state index contributed by atoms with van der Waals surface area (Å²) in [5.41, 5.74) is 6.18.